The Kier molecular flexibility index (Phi) is 11.7. The van der Waals surface area contributed by atoms with Crippen LogP contribution in [0, 0.1) is 12.1 Å². The number of hydrogen-bond donors (Lipinski definition) is 0. The van der Waals surface area contributed by atoms with Crippen LogP contribution in [0.1, 0.15) is 130 Å². The molecular weight excluding hydrogens is 962 g/mol. The maximum Gasteiger partial charge on any atom is 2.00 e. The van der Waals surface area contributed by atoms with Gasteiger partial charge in [-0.25, -0.2) is 4.98 Å². The molecular formula is C59H59N3OPt. The Labute approximate surface area is 394 Å². The number of hydrogen-bond acceptors (Lipinski definition) is 4. The molecule has 5 heteroatoms. The smallest absolute Gasteiger partial charge is 0.484 e. The quantitative estimate of drug-likeness (QED) is 0.156. The van der Waals surface area contributed by atoms with Gasteiger partial charge < -0.3 is 4.42 Å². The minimum Gasteiger partial charge on any atom is -0.484 e. The zero-order valence-electron chi connectivity index (χ0n) is 39.6. The van der Waals surface area contributed by atoms with Crippen LogP contribution in [0.5, 0.6) is 0 Å². The van der Waals surface area contributed by atoms with Gasteiger partial charge in [-0.2, -0.15) is 0 Å². The number of benzene rings is 6. The Morgan fingerprint density at radius 1 is 0.500 bits per heavy atom. The minimum absolute atomic E-state index is 0. The van der Waals surface area contributed by atoms with Crippen LogP contribution in [-0.4, -0.2) is 15.0 Å². The van der Waals surface area contributed by atoms with Gasteiger partial charge in [0, 0.05) is 11.1 Å². The number of pyridine rings is 2. The number of nitrogens with zero attached hydrogens (tertiary/aromatic N) is 3. The Morgan fingerprint density at radius 2 is 1.02 bits per heavy atom. The van der Waals surface area contributed by atoms with Crippen molar-refractivity contribution >= 4 is 43.4 Å². The van der Waals surface area contributed by atoms with Gasteiger partial charge in [-0.15, -0.1) is 47.5 Å². The minimum atomic E-state index is -0.0450. The van der Waals surface area contributed by atoms with Crippen molar-refractivity contribution in [2.45, 2.75) is 118 Å². The second-order valence-corrected chi connectivity index (χ2v) is 21.2. The number of oxazole rings is 1. The predicted octanol–water partition coefficient (Wildman–Crippen LogP) is 16.5. The summed E-state index contributed by atoms with van der Waals surface area (Å²) in [5, 5.41) is 6.76. The fourth-order valence-electron chi connectivity index (χ4n) is 9.04. The van der Waals surface area contributed by atoms with Gasteiger partial charge in [0.1, 0.15) is 0 Å². The molecule has 326 valence electrons. The van der Waals surface area contributed by atoms with Crippen molar-refractivity contribution in [2.24, 2.45) is 0 Å². The molecule has 9 rings (SSSR count). The van der Waals surface area contributed by atoms with Gasteiger partial charge in [0.15, 0.2) is 0 Å². The molecule has 4 nitrogen and oxygen atoms in total. The fourth-order valence-corrected chi connectivity index (χ4v) is 9.04. The van der Waals surface area contributed by atoms with Crippen molar-refractivity contribution in [3.05, 3.63) is 149 Å². The molecule has 0 fully saturated rings. The van der Waals surface area contributed by atoms with Crippen molar-refractivity contribution in [1.82, 2.24) is 15.0 Å². The molecule has 0 N–H and O–H groups in total. The van der Waals surface area contributed by atoms with E-state index in [0.717, 1.165) is 66.5 Å². The van der Waals surface area contributed by atoms with Crippen LogP contribution >= 0.6 is 0 Å². The molecule has 0 aliphatic carbocycles. The summed E-state index contributed by atoms with van der Waals surface area (Å²) in [6.45, 7) is 29.3. The third-order valence-electron chi connectivity index (χ3n) is 12.7. The number of fused-ring (bicyclic) bond motifs is 4. The van der Waals surface area contributed by atoms with Gasteiger partial charge in [0.05, 0.1) is 17.0 Å². The normalized spacial score (nSPS) is 12.6. The molecule has 0 amide bonds. The molecule has 3 heterocycles. The molecule has 0 aliphatic heterocycles. The molecule has 9 aromatic rings. The molecule has 0 bridgehead atoms. The first-order valence-corrected chi connectivity index (χ1v) is 22.6. The Hall–Kier alpha value is -5.44. The Morgan fingerprint density at radius 3 is 1.53 bits per heavy atom. The molecule has 6 aromatic carbocycles. The SMILES string of the molecule is CC(C)c1cccc(C(C)C)c1-c1nc2cc(-c3nc(-c4cc5cc(C(C)(C)C)ccc5c(-c5[c-]cc6cccc(C(C)(C)C)c6c5)n4)cc4cc(C(C)(C)C)ccc34)[c-]cc2o1.[Pt+2]. The molecule has 64 heavy (non-hydrogen) atoms. The van der Waals surface area contributed by atoms with Gasteiger partial charge in [-0.3, -0.25) is 9.97 Å². The van der Waals surface area contributed by atoms with Crippen molar-refractivity contribution in [1.29, 1.82) is 0 Å². The first-order chi connectivity index (χ1) is 29.7. The molecule has 0 saturated heterocycles. The molecule has 0 saturated carbocycles. The van der Waals surface area contributed by atoms with Crippen LogP contribution in [0.4, 0.5) is 0 Å². The topological polar surface area (TPSA) is 51.8 Å². The van der Waals surface area contributed by atoms with E-state index < -0.39 is 0 Å². The van der Waals surface area contributed by atoms with E-state index in [1.165, 1.54) is 38.6 Å². The van der Waals surface area contributed by atoms with E-state index in [0.29, 0.717) is 23.3 Å². The maximum absolute atomic E-state index is 6.57. The summed E-state index contributed by atoms with van der Waals surface area (Å²) in [5.41, 5.74) is 13.9. The average molecular weight is 1020 g/mol. The van der Waals surface area contributed by atoms with Gasteiger partial charge in [0.2, 0.25) is 5.89 Å². The van der Waals surface area contributed by atoms with E-state index >= 15 is 0 Å². The first kappa shape index (κ1) is 45.1. The summed E-state index contributed by atoms with van der Waals surface area (Å²) in [6, 6.07) is 46.8. The summed E-state index contributed by atoms with van der Waals surface area (Å²) in [5.74, 6) is 1.28. The van der Waals surface area contributed by atoms with Crippen LogP contribution in [0.15, 0.2) is 114 Å². The van der Waals surface area contributed by atoms with Gasteiger partial charge in [0.25, 0.3) is 0 Å². The summed E-state index contributed by atoms with van der Waals surface area (Å²) in [7, 11) is 0. The van der Waals surface area contributed by atoms with Crippen LogP contribution in [-0.2, 0) is 37.3 Å². The zero-order chi connectivity index (χ0) is 44.7. The predicted molar refractivity (Wildman–Crippen MR) is 266 cm³/mol. The van der Waals surface area contributed by atoms with Gasteiger partial charge in [-0.05, 0) is 95.4 Å². The van der Waals surface area contributed by atoms with Crippen LogP contribution in [0.2, 0.25) is 0 Å². The summed E-state index contributed by atoms with van der Waals surface area (Å²) in [6.07, 6.45) is 0. The summed E-state index contributed by atoms with van der Waals surface area (Å²) >= 11 is 0. The fraction of sp³-hybridized carbons (Fsp3) is 0.305. The largest absolute Gasteiger partial charge is 2.00 e. The molecule has 0 aliphatic rings. The monoisotopic (exact) mass is 1020 g/mol. The first-order valence-electron chi connectivity index (χ1n) is 22.6. The number of aromatic nitrogens is 3. The van der Waals surface area contributed by atoms with Crippen LogP contribution in [0.25, 0.3) is 88.8 Å². The third kappa shape index (κ3) is 8.35. The van der Waals surface area contributed by atoms with E-state index in [1.807, 2.05) is 6.07 Å². The van der Waals surface area contributed by atoms with E-state index in [-0.39, 0.29) is 37.3 Å². The van der Waals surface area contributed by atoms with Crippen molar-refractivity contribution in [2.75, 3.05) is 0 Å². The maximum atomic E-state index is 6.57. The number of rotatable bonds is 6. The van der Waals surface area contributed by atoms with Gasteiger partial charge >= 0.3 is 21.1 Å². The van der Waals surface area contributed by atoms with E-state index in [1.54, 1.807) is 0 Å². The van der Waals surface area contributed by atoms with Crippen LogP contribution < -0.4 is 0 Å². The van der Waals surface area contributed by atoms with E-state index in [4.69, 9.17) is 19.4 Å². The Balaban J connectivity index is 0.00000560. The molecule has 0 atom stereocenters. The van der Waals surface area contributed by atoms with Crippen LogP contribution in [0.3, 0.4) is 0 Å². The van der Waals surface area contributed by atoms with Crippen molar-refractivity contribution < 1.29 is 25.5 Å². The second kappa shape index (κ2) is 16.5. The molecule has 0 spiro atoms. The van der Waals surface area contributed by atoms with Crippen molar-refractivity contribution in [3.63, 3.8) is 0 Å². The zero-order valence-corrected chi connectivity index (χ0v) is 41.9. The Bertz CT molecular complexity index is 3210. The van der Waals surface area contributed by atoms with E-state index in [9.17, 15) is 0 Å². The van der Waals surface area contributed by atoms with Gasteiger partial charge in [-0.1, -0.05) is 179 Å². The second-order valence-electron chi connectivity index (χ2n) is 21.2. The summed E-state index contributed by atoms with van der Waals surface area (Å²) < 4.78 is 6.57. The average Bonchev–Trinajstić information content (AvgIpc) is 3.67. The summed E-state index contributed by atoms with van der Waals surface area (Å²) in [4.78, 5) is 16.3. The molecule has 0 radical (unpaired) electrons. The molecule has 3 aromatic heterocycles. The molecule has 0 unspecified atom stereocenters. The van der Waals surface area contributed by atoms with Crippen molar-refractivity contribution in [3.8, 4) is 45.4 Å². The van der Waals surface area contributed by atoms with E-state index in [2.05, 4.69) is 205 Å². The standard InChI is InChI=1S/C59H59N3O.Pt/c1-34(2)43-17-15-18-44(35(3)4)53(43)56-62-51-31-38(22-27-52(51)63-56)55-46-26-24-42(58(8,9)10)29-40(46)33-50(61-55)49-32-39-28-41(57(5,6)7)23-25-45(39)54(60-49)37-21-20-36-16-14-19-48(47(36)30-37)59(11,12)13;/h14-20,23-35H,1-13H3;/q-2;+2. The third-order valence-corrected chi connectivity index (χ3v) is 12.7.